The summed E-state index contributed by atoms with van der Waals surface area (Å²) in [6.45, 7) is 5.48. The van der Waals surface area contributed by atoms with Gasteiger partial charge >= 0.3 is 0 Å². The summed E-state index contributed by atoms with van der Waals surface area (Å²) in [7, 11) is 0. The molecule has 0 aliphatic heterocycles. The van der Waals surface area contributed by atoms with Crippen molar-refractivity contribution < 1.29 is 5.11 Å². The van der Waals surface area contributed by atoms with Crippen LogP contribution in [0.25, 0.3) is 0 Å². The third-order valence-corrected chi connectivity index (χ3v) is 3.67. The molecule has 17 heavy (non-hydrogen) atoms. The van der Waals surface area contributed by atoms with E-state index in [1.54, 1.807) is 0 Å². The number of aliphatic hydroxyl groups is 1. The van der Waals surface area contributed by atoms with Gasteiger partial charge in [-0.2, -0.15) is 0 Å². The van der Waals surface area contributed by atoms with Gasteiger partial charge in [-0.25, -0.2) is 0 Å². The molecule has 0 aromatic heterocycles. The standard InChI is InChI=1S/C15H23NO/c1-3-6-11(2)10-16-15-13-8-5-4-7-12(13)9-14(15)17/h4-5,7-8,11,14-17H,3,6,9-10H2,1-2H3/t11?,14-,15+/m1/s1. The average molecular weight is 233 g/mol. The highest BCUT2D eigenvalue weighted by atomic mass is 16.3. The summed E-state index contributed by atoms with van der Waals surface area (Å²) in [5.74, 6) is 0.681. The number of hydrogen-bond acceptors (Lipinski definition) is 2. The fraction of sp³-hybridized carbons (Fsp3) is 0.600. The van der Waals surface area contributed by atoms with Crippen molar-refractivity contribution in [1.82, 2.24) is 5.32 Å². The monoisotopic (exact) mass is 233 g/mol. The minimum absolute atomic E-state index is 0.130. The molecule has 1 unspecified atom stereocenters. The molecule has 3 atom stereocenters. The van der Waals surface area contributed by atoms with Crippen molar-refractivity contribution in [2.45, 2.75) is 45.3 Å². The van der Waals surface area contributed by atoms with Crippen LogP contribution in [0, 0.1) is 5.92 Å². The van der Waals surface area contributed by atoms with Gasteiger partial charge in [0.1, 0.15) is 0 Å². The van der Waals surface area contributed by atoms with Crippen molar-refractivity contribution in [3.05, 3.63) is 35.4 Å². The van der Waals surface area contributed by atoms with E-state index in [4.69, 9.17) is 0 Å². The SMILES string of the molecule is CCCC(C)CN[C@H]1c2ccccc2C[C@H]1O. The molecule has 0 bridgehead atoms. The first kappa shape index (κ1) is 12.6. The minimum atomic E-state index is -0.263. The molecule has 2 rings (SSSR count). The predicted molar refractivity (Wildman–Crippen MR) is 71.0 cm³/mol. The average Bonchev–Trinajstić information content (AvgIpc) is 2.62. The summed E-state index contributed by atoms with van der Waals surface area (Å²) < 4.78 is 0. The zero-order valence-electron chi connectivity index (χ0n) is 10.8. The van der Waals surface area contributed by atoms with Crippen LogP contribution < -0.4 is 5.32 Å². The van der Waals surface area contributed by atoms with Crippen molar-refractivity contribution >= 4 is 0 Å². The minimum Gasteiger partial charge on any atom is -0.391 e. The Kier molecular flexibility index (Phi) is 4.19. The molecule has 1 aliphatic carbocycles. The molecule has 0 fully saturated rings. The van der Waals surface area contributed by atoms with Gasteiger partial charge in [0, 0.05) is 6.42 Å². The lowest BCUT2D eigenvalue weighted by Gasteiger charge is -2.20. The van der Waals surface area contributed by atoms with E-state index in [2.05, 4.69) is 37.4 Å². The Labute approximate surface area is 104 Å². The first-order chi connectivity index (χ1) is 8.22. The smallest absolute Gasteiger partial charge is 0.0775 e. The van der Waals surface area contributed by atoms with Crippen LogP contribution in [0.3, 0.4) is 0 Å². The van der Waals surface area contributed by atoms with Crippen LogP contribution in [0.4, 0.5) is 0 Å². The third-order valence-electron chi connectivity index (χ3n) is 3.67. The number of aliphatic hydroxyl groups excluding tert-OH is 1. The van der Waals surface area contributed by atoms with Crippen molar-refractivity contribution in [3.8, 4) is 0 Å². The lowest BCUT2D eigenvalue weighted by Crippen LogP contribution is -2.32. The summed E-state index contributed by atoms with van der Waals surface area (Å²) in [6, 6.07) is 8.49. The van der Waals surface area contributed by atoms with Crippen LogP contribution in [0.5, 0.6) is 0 Å². The summed E-state index contributed by atoms with van der Waals surface area (Å²) in [5.41, 5.74) is 2.57. The second-order valence-electron chi connectivity index (χ2n) is 5.25. The van der Waals surface area contributed by atoms with Gasteiger partial charge in [0.05, 0.1) is 12.1 Å². The molecular formula is C15H23NO. The Morgan fingerprint density at radius 1 is 1.41 bits per heavy atom. The number of nitrogens with one attached hydrogen (secondary N) is 1. The van der Waals surface area contributed by atoms with Gasteiger partial charge in [0.15, 0.2) is 0 Å². The van der Waals surface area contributed by atoms with Crippen LogP contribution >= 0.6 is 0 Å². The van der Waals surface area contributed by atoms with E-state index in [0.717, 1.165) is 13.0 Å². The maximum Gasteiger partial charge on any atom is 0.0775 e. The molecule has 0 radical (unpaired) electrons. The molecule has 0 amide bonds. The molecule has 0 saturated heterocycles. The van der Waals surface area contributed by atoms with Crippen LogP contribution in [0.1, 0.15) is 43.9 Å². The van der Waals surface area contributed by atoms with E-state index in [1.807, 2.05) is 6.07 Å². The van der Waals surface area contributed by atoms with E-state index in [0.29, 0.717) is 5.92 Å². The van der Waals surface area contributed by atoms with Gasteiger partial charge in [-0.3, -0.25) is 0 Å². The molecule has 0 spiro atoms. The van der Waals surface area contributed by atoms with Gasteiger partial charge in [0.25, 0.3) is 0 Å². The van der Waals surface area contributed by atoms with Crippen molar-refractivity contribution in [1.29, 1.82) is 0 Å². The topological polar surface area (TPSA) is 32.3 Å². The highest BCUT2D eigenvalue weighted by molar-refractivity contribution is 5.36. The van der Waals surface area contributed by atoms with Gasteiger partial charge in [-0.15, -0.1) is 0 Å². The number of rotatable bonds is 5. The highest BCUT2D eigenvalue weighted by Gasteiger charge is 2.30. The molecule has 1 aromatic rings. The molecule has 1 aliphatic rings. The number of benzene rings is 1. The zero-order chi connectivity index (χ0) is 12.3. The van der Waals surface area contributed by atoms with E-state index >= 15 is 0 Å². The molecule has 2 heteroatoms. The second-order valence-corrected chi connectivity index (χ2v) is 5.25. The summed E-state index contributed by atoms with van der Waals surface area (Å²) in [5, 5.41) is 13.6. The Morgan fingerprint density at radius 2 is 2.18 bits per heavy atom. The van der Waals surface area contributed by atoms with Crippen LogP contribution in [0.15, 0.2) is 24.3 Å². The van der Waals surface area contributed by atoms with Gasteiger partial charge in [-0.1, -0.05) is 44.5 Å². The quantitative estimate of drug-likeness (QED) is 0.819. The first-order valence-corrected chi connectivity index (χ1v) is 6.71. The fourth-order valence-corrected chi connectivity index (χ4v) is 2.74. The molecule has 1 aromatic carbocycles. The summed E-state index contributed by atoms with van der Waals surface area (Å²) in [4.78, 5) is 0. The molecule has 0 heterocycles. The van der Waals surface area contributed by atoms with Gasteiger partial charge in [-0.05, 0) is 30.0 Å². The van der Waals surface area contributed by atoms with Crippen LogP contribution in [-0.4, -0.2) is 17.8 Å². The lowest BCUT2D eigenvalue weighted by atomic mass is 10.0. The summed E-state index contributed by atoms with van der Waals surface area (Å²) >= 11 is 0. The van der Waals surface area contributed by atoms with Crippen LogP contribution in [-0.2, 0) is 6.42 Å². The Bertz CT molecular complexity index is 364. The van der Waals surface area contributed by atoms with Crippen LogP contribution in [0.2, 0.25) is 0 Å². The van der Waals surface area contributed by atoms with E-state index in [9.17, 15) is 5.11 Å². The maximum atomic E-state index is 10.1. The van der Waals surface area contributed by atoms with Crippen molar-refractivity contribution in [3.63, 3.8) is 0 Å². The van der Waals surface area contributed by atoms with Crippen molar-refractivity contribution in [2.24, 2.45) is 5.92 Å². The number of hydrogen-bond donors (Lipinski definition) is 2. The predicted octanol–water partition coefficient (Wildman–Crippen LogP) is 2.67. The lowest BCUT2D eigenvalue weighted by molar-refractivity contribution is 0.139. The summed E-state index contributed by atoms with van der Waals surface area (Å²) in [6.07, 6.45) is 3.00. The van der Waals surface area contributed by atoms with E-state index < -0.39 is 0 Å². The first-order valence-electron chi connectivity index (χ1n) is 6.71. The molecule has 94 valence electrons. The molecular weight excluding hydrogens is 210 g/mol. The normalized spacial score (nSPS) is 24.6. The Balaban J connectivity index is 1.97. The van der Waals surface area contributed by atoms with Crippen molar-refractivity contribution in [2.75, 3.05) is 6.54 Å². The molecule has 2 N–H and O–H groups in total. The van der Waals surface area contributed by atoms with Gasteiger partial charge in [0.2, 0.25) is 0 Å². The maximum absolute atomic E-state index is 10.1. The van der Waals surface area contributed by atoms with E-state index in [1.165, 1.54) is 24.0 Å². The third kappa shape index (κ3) is 2.88. The van der Waals surface area contributed by atoms with Gasteiger partial charge < -0.3 is 10.4 Å². The second kappa shape index (κ2) is 5.65. The highest BCUT2D eigenvalue weighted by Crippen LogP contribution is 2.31. The number of fused-ring (bicyclic) bond motifs is 1. The van der Waals surface area contributed by atoms with E-state index in [-0.39, 0.29) is 12.1 Å². The Morgan fingerprint density at radius 3 is 2.94 bits per heavy atom. The molecule has 2 nitrogen and oxygen atoms in total. The fourth-order valence-electron chi connectivity index (χ4n) is 2.74. The Hall–Kier alpha value is -0.860. The largest absolute Gasteiger partial charge is 0.391 e. The molecule has 0 saturated carbocycles. The zero-order valence-corrected chi connectivity index (χ0v) is 10.8.